The largest absolute Gasteiger partial charge is 3.00 e. The molecule has 3 heteroatoms. The van der Waals surface area contributed by atoms with Crippen molar-refractivity contribution in [3.63, 3.8) is 0 Å². The monoisotopic (exact) mass is 540 g/mol. The molecular weight excluding hydrogens is 472 g/mol. The quantitative estimate of drug-likeness (QED) is 0.174. The standard InChI is InChI=1S/6C5H11.H2O.2Ti/c6*1-3-5-4-2;;;/h6*1,3-5H2,2H3;1H2;;/q6*-1;;2*+3. The van der Waals surface area contributed by atoms with Gasteiger partial charge in [0.05, 0.1) is 0 Å². The van der Waals surface area contributed by atoms with E-state index in [2.05, 4.69) is 83.1 Å². The van der Waals surface area contributed by atoms with Crippen molar-refractivity contribution >= 4 is 0 Å². The smallest absolute Gasteiger partial charge is 0.412 e. The van der Waals surface area contributed by atoms with E-state index in [0.717, 1.165) is 38.5 Å². The van der Waals surface area contributed by atoms with Crippen LogP contribution in [-0.4, -0.2) is 5.48 Å². The van der Waals surface area contributed by atoms with Gasteiger partial charge in [0, 0.05) is 0 Å². The van der Waals surface area contributed by atoms with Gasteiger partial charge >= 0.3 is 43.4 Å². The van der Waals surface area contributed by atoms with Crippen LogP contribution >= 0.6 is 0 Å². The Morgan fingerprint density at radius 3 is 0.394 bits per heavy atom. The van der Waals surface area contributed by atoms with Crippen LogP contribution in [0.4, 0.5) is 0 Å². The molecule has 0 saturated carbocycles. The van der Waals surface area contributed by atoms with Crippen LogP contribution in [0.15, 0.2) is 0 Å². The fourth-order valence-electron chi connectivity index (χ4n) is 1.50. The first-order valence-corrected chi connectivity index (χ1v) is 13.2. The number of hydrogen-bond donors (Lipinski definition) is 0. The molecule has 0 aliphatic carbocycles. The third kappa shape index (κ3) is 184. The first kappa shape index (κ1) is 59.5. The molecule has 0 fully saturated rings. The van der Waals surface area contributed by atoms with Crippen LogP contribution in [0.5, 0.6) is 0 Å². The second-order valence-electron chi connectivity index (χ2n) is 7.24. The summed E-state index contributed by atoms with van der Waals surface area (Å²) in [6.45, 7) is 35.1. The van der Waals surface area contributed by atoms with Gasteiger partial charge in [0.2, 0.25) is 0 Å². The van der Waals surface area contributed by atoms with Gasteiger partial charge in [-0.25, -0.2) is 0 Å². The molecule has 0 heterocycles. The Morgan fingerprint density at radius 2 is 0.394 bits per heavy atom. The fraction of sp³-hybridized carbons (Fsp3) is 0.800. The molecular formula is C30H68OTi2. The van der Waals surface area contributed by atoms with E-state index in [-0.39, 0.29) is 48.9 Å². The number of hydrogen-bond acceptors (Lipinski definition) is 0. The first-order valence-electron chi connectivity index (χ1n) is 13.2. The Kier molecular flexibility index (Phi) is 168. The molecule has 1 nitrogen and oxygen atoms in total. The molecule has 202 valence electrons. The van der Waals surface area contributed by atoms with Crippen LogP contribution < -0.4 is 0 Å². The Balaban J connectivity index is -0.0000000294. The molecule has 0 atom stereocenters. The Labute approximate surface area is 246 Å². The SMILES string of the molecule is O.[CH2-]CCCC.[CH2-]CCCC.[CH2-]CCCC.[CH2-]CCCC.[CH2-]CCCC.[CH2-]CCCC.[Ti+3].[Ti+3]. The van der Waals surface area contributed by atoms with Crippen LogP contribution in [0.2, 0.25) is 0 Å². The predicted molar refractivity (Wildman–Crippen MR) is 153 cm³/mol. The van der Waals surface area contributed by atoms with E-state index in [9.17, 15) is 0 Å². The van der Waals surface area contributed by atoms with E-state index in [0.29, 0.717) is 0 Å². The van der Waals surface area contributed by atoms with E-state index in [1.807, 2.05) is 0 Å². The Morgan fingerprint density at radius 1 is 0.303 bits per heavy atom. The molecule has 0 aliphatic rings. The zero-order valence-electron chi connectivity index (χ0n) is 24.5. The average molecular weight is 541 g/mol. The average Bonchev–Trinajstić information content (AvgIpc) is 2.74. The van der Waals surface area contributed by atoms with Crippen LogP contribution in [0, 0.1) is 41.5 Å². The van der Waals surface area contributed by atoms with Crippen molar-refractivity contribution in [3.05, 3.63) is 41.5 Å². The van der Waals surface area contributed by atoms with Gasteiger partial charge in [-0.15, -0.1) is 0 Å². The normalized spacial score (nSPS) is 7.64. The maximum Gasteiger partial charge on any atom is 3.00 e. The molecule has 0 bridgehead atoms. The summed E-state index contributed by atoms with van der Waals surface area (Å²) in [5.41, 5.74) is 0. The van der Waals surface area contributed by atoms with Crippen LogP contribution in [-0.2, 0) is 43.4 Å². The van der Waals surface area contributed by atoms with Crippen molar-refractivity contribution in [1.29, 1.82) is 0 Å². The van der Waals surface area contributed by atoms with Gasteiger partial charge in [0.25, 0.3) is 0 Å². The van der Waals surface area contributed by atoms with Crippen molar-refractivity contribution in [1.82, 2.24) is 0 Å². The first-order chi connectivity index (χ1) is 14.5. The van der Waals surface area contributed by atoms with Crippen LogP contribution in [0.3, 0.4) is 0 Å². The second kappa shape index (κ2) is 93.2. The summed E-state index contributed by atoms with van der Waals surface area (Å²) in [5.74, 6) is 0. The molecule has 0 amide bonds. The summed E-state index contributed by atoms with van der Waals surface area (Å²) in [5, 5.41) is 0. The minimum atomic E-state index is 0. The summed E-state index contributed by atoms with van der Waals surface area (Å²) in [6, 6.07) is 0. The van der Waals surface area contributed by atoms with Gasteiger partial charge in [-0.1, -0.05) is 119 Å². The van der Waals surface area contributed by atoms with Crippen LogP contribution in [0.1, 0.15) is 157 Å². The molecule has 0 rings (SSSR count). The molecule has 0 aromatic carbocycles. The van der Waals surface area contributed by atoms with E-state index in [1.54, 1.807) is 0 Å². The molecule has 0 unspecified atom stereocenters. The van der Waals surface area contributed by atoms with Gasteiger partial charge in [-0.2, -0.15) is 38.5 Å². The van der Waals surface area contributed by atoms with Crippen molar-refractivity contribution in [2.24, 2.45) is 0 Å². The van der Waals surface area contributed by atoms with Gasteiger partial charge in [0.15, 0.2) is 0 Å². The van der Waals surface area contributed by atoms with Crippen molar-refractivity contribution in [2.75, 3.05) is 0 Å². The molecule has 2 N–H and O–H groups in total. The van der Waals surface area contributed by atoms with E-state index in [1.165, 1.54) is 77.0 Å². The topological polar surface area (TPSA) is 31.5 Å². The molecule has 33 heavy (non-hydrogen) atoms. The number of unbranched alkanes of at least 4 members (excludes halogenated alkanes) is 12. The Hall–Kier alpha value is 1.39. The molecule has 0 aromatic heterocycles. The maximum absolute atomic E-state index is 3.68. The van der Waals surface area contributed by atoms with E-state index in [4.69, 9.17) is 0 Å². The van der Waals surface area contributed by atoms with Crippen molar-refractivity contribution in [2.45, 2.75) is 157 Å². The summed E-state index contributed by atoms with van der Waals surface area (Å²) in [6.07, 6.45) is 21.9. The van der Waals surface area contributed by atoms with E-state index < -0.39 is 0 Å². The van der Waals surface area contributed by atoms with Crippen molar-refractivity contribution in [3.8, 4) is 0 Å². The molecule has 2 radical (unpaired) electrons. The number of rotatable bonds is 12. The zero-order valence-corrected chi connectivity index (χ0v) is 27.6. The summed E-state index contributed by atoms with van der Waals surface area (Å²) in [7, 11) is 0. The maximum atomic E-state index is 3.68. The molecule has 0 aromatic rings. The van der Waals surface area contributed by atoms with E-state index >= 15 is 0 Å². The second-order valence-corrected chi connectivity index (χ2v) is 7.24. The predicted octanol–water partition coefficient (Wildman–Crippen LogP) is 11.2. The van der Waals surface area contributed by atoms with Gasteiger partial charge in [-0.05, 0) is 0 Å². The minimum Gasteiger partial charge on any atom is -0.412 e. The molecule has 0 saturated heterocycles. The summed E-state index contributed by atoms with van der Waals surface area (Å²) < 4.78 is 0. The fourth-order valence-corrected chi connectivity index (χ4v) is 1.50. The van der Waals surface area contributed by atoms with Gasteiger partial charge in [-0.3, -0.25) is 0 Å². The summed E-state index contributed by atoms with van der Waals surface area (Å²) >= 11 is 0. The van der Waals surface area contributed by atoms with Crippen LogP contribution in [0.25, 0.3) is 0 Å². The minimum absolute atomic E-state index is 0. The van der Waals surface area contributed by atoms with Gasteiger partial charge in [0.1, 0.15) is 0 Å². The summed E-state index contributed by atoms with van der Waals surface area (Å²) in [4.78, 5) is 0. The Bertz CT molecular complexity index is 109. The molecule has 0 spiro atoms. The van der Waals surface area contributed by atoms with Gasteiger partial charge < -0.3 is 47.0 Å². The third-order valence-electron chi connectivity index (χ3n) is 3.62. The van der Waals surface area contributed by atoms with Crippen molar-refractivity contribution < 1.29 is 48.9 Å². The third-order valence-corrected chi connectivity index (χ3v) is 3.62. The molecule has 0 aliphatic heterocycles. The zero-order chi connectivity index (χ0) is 24.7.